The second kappa shape index (κ2) is 4.77. The molecule has 22 heavy (non-hydrogen) atoms. The van der Waals surface area contributed by atoms with E-state index in [9.17, 15) is 4.79 Å². The molecular weight excluding hydrogens is 274 g/mol. The Balaban J connectivity index is 2.05. The Hall–Kier alpha value is -3.01. The van der Waals surface area contributed by atoms with E-state index in [4.69, 9.17) is 5.73 Å². The Morgan fingerprint density at radius 1 is 0.909 bits per heavy atom. The van der Waals surface area contributed by atoms with Gasteiger partial charge in [0.25, 0.3) is 0 Å². The molecule has 1 aromatic heterocycles. The molecule has 0 bridgehead atoms. The molecule has 106 valence electrons. The van der Waals surface area contributed by atoms with E-state index in [1.54, 1.807) is 12.4 Å². The molecule has 1 aliphatic rings. The fourth-order valence-electron chi connectivity index (χ4n) is 3.24. The van der Waals surface area contributed by atoms with E-state index < -0.39 is 5.92 Å². The lowest BCUT2D eigenvalue weighted by atomic mass is 9.93. The van der Waals surface area contributed by atoms with E-state index in [1.807, 2.05) is 42.5 Å². The summed E-state index contributed by atoms with van der Waals surface area (Å²) in [5.74, 6) is -0.719. The second-order valence-electron chi connectivity index (χ2n) is 5.32. The van der Waals surface area contributed by atoms with Crippen molar-refractivity contribution in [2.45, 2.75) is 5.92 Å². The zero-order valence-electron chi connectivity index (χ0n) is 11.7. The number of benzene rings is 2. The van der Waals surface area contributed by atoms with Crippen LogP contribution in [-0.2, 0) is 4.79 Å². The third kappa shape index (κ3) is 1.74. The molecule has 0 aliphatic heterocycles. The van der Waals surface area contributed by atoms with Gasteiger partial charge >= 0.3 is 0 Å². The lowest BCUT2D eigenvalue weighted by molar-refractivity contribution is -0.118. The largest absolute Gasteiger partial charge is 0.369 e. The van der Waals surface area contributed by atoms with Crippen LogP contribution in [0.25, 0.3) is 22.3 Å². The van der Waals surface area contributed by atoms with Crippen LogP contribution in [0.3, 0.4) is 0 Å². The molecule has 1 aliphatic carbocycles. The second-order valence-corrected chi connectivity index (χ2v) is 5.32. The summed E-state index contributed by atoms with van der Waals surface area (Å²) in [5, 5.41) is 0. The van der Waals surface area contributed by atoms with E-state index in [-0.39, 0.29) is 5.91 Å². The molecule has 0 unspecified atom stereocenters. The Morgan fingerprint density at radius 2 is 1.59 bits per heavy atom. The van der Waals surface area contributed by atoms with Gasteiger partial charge in [0.1, 0.15) is 6.33 Å². The molecule has 2 N–H and O–H groups in total. The first-order chi connectivity index (χ1) is 10.8. The van der Waals surface area contributed by atoms with Crippen LogP contribution >= 0.6 is 0 Å². The minimum atomic E-state index is -0.393. The molecule has 1 heterocycles. The van der Waals surface area contributed by atoms with E-state index in [1.165, 1.54) is 6.33 Å². The average Bonchev–Trinajstić information content (AvgIpc) is 2.90. The van der Waals surface area contributed by atoms with Crippen molar-refractivity contribution >= 4 is 5.91 Å². The molecule has 2 aromatic carbocycles. The fraction of sp³-hybridized carbons (Fsp3) is 0.0556. The van der Waals surface area contributed by atoms with Crippen molar-refractivity contribution in [3.8, 4) is 22.3 Å². The topological polar surface area (TPSA) is 68.9 Å². The summed E-state index contributed by atoms with van der Waals surface area (Å²) < 4.78 is 0. The Morgan fingerprint density at radius 3 is 2.36 bits per heavy atom. The Labute approximate surface area is 127 Å². The van der Waals surface area contributed by atoms with Gasteiger partial charge in [-0.2, -0.15) is 0 Å². The minimum Gasteiger partial charge on any atom is -0.369 e. The molecule has 3 aromatic rings. The van der Waals surface area contributed by atoms with Crippen molar-refractivity contribution in [3.63, 3.8) is 0 Å². The lowest BCUT2D eigenvalue weighted by Gasteiger charge is -2.10. The number of aromatic nitrogens is 2. The standard InChI is InChI=1S/C18H13N3O/c19-18(22)17-14-5-2-1-4-13(14)16-12(6-3-7-15(16)17)11-8-20-10-21-9-11/h1-10,17H,(H2,19,22)/t17-/m1/s1. The van der Waals surface area contributed by atoms with E-state index >= 15 is 0 Å². The summed E-state index contributed by atoms with van der Waals surface area (Å²) in [7, 11) is 0. The summed E-state index contributed by atoms with van der Waals surface area (Å²) in [6.07, 6.45) is 5.07. The molecule has 4 nitrogen and oxygen atoms in total. The van der Waals surface area contributed by atoms with Gasteiger partial charge in [-0.25, -0.2) is 9.97 Å². The molecule has 4 rings (SSSR count). The number of amides is 1. The monoisotopic (exact) mass is 287 g/mol. The molecular formula is C18H13N3O. The molecule has 4 heteroatoms. The summed E-state index contributed by atoms with van der Waals surface area (Å²) in [6.45, 7) is 0. The number of hydrogen-bond acceptors (Lipinski definition) is 3. The number of nitrogens with two attached hydrogens (primary N) is 1. The van der Waals surface area contributed by atoms with Crippen LogP contribution in [-0.4, -0.2) is 15.9 Å². The van der Waals surface area contributed by atoms with Gasteiger partial charge in [0.05, 0.1) is 5.92 Å². The number of primary amides is 1. The molecule has 0 fully saturated rings. The average molecular weight is 287 g/mol. The highest BCUT2D eigenvalue weighted by atomic mass is 16.1. The van der Waals surface area contributed by atoms with Crippen molar-refractivity contribution < 1.29 is 4.79 Å². The molecule has 0 radical (unpaired) electrons. The van der Waals surface area contributed by atoms with Crippen LogP contribution in [0, 0.1) is 0 Å². The van der Waals surface area contributed by atoms with Gasteiger partial charge < -0.3 is 5.73 Å². The van der Waals surface area contributed by atoms with Gasteiger partial charge in [0.15, 0.2) is 0 Å². The van der Waals surface area contributed by atoms with Crippen molar-refractivity contribution in [1.82, 2.24) is 9.97 Å². The smallest absolute Gasteiger partial charge is 0.229 e. The van der Waals surface area contributed by atoms with Crippen molar-refractivity contribution in [1.29, 1.82) is 0 Å². The predicted molar refractivity (Wildman–Crippen MR) is 83.9 cm³/mol. The molecule has 1 atom stereocenters. The maximum atomic E-state index is 12.0. The summed E-state index contributed by atoms with van der Waals surface area (Å²) in [4.78, 5) is 20.2. The highest BCUT2D eigenvalue weighted by Gasteiger charge is 2.33. The number of nitrogens with zero attached hydrogens (tertiary/aromatic N) is 2. The summed E-state index contributed by atoms with van der Waals surface area (Å²) in [5.41, 5.74) is 11.6. The summed E-state index contributed by atoms with van der Waals surface area (Å²) in [6, 6.07) is 13.9. The zero-order chi connectivity index (χ0) is 15.1. The first kappa shape index (κ1) is 12.7. The van der Waals surface area contributed by atoms with Crippen LogP contribution in [0.4, 0.5) is 0 Å². The van der Waals surface area contributed by atoms with Crippen LogP contribution in [0.2, 0.25) is 0 Å². The molecule has 0 saturated heterocycles. The maximum Gasteiger partial charge on any atom is 0.229 e. The van der Waals surface area contributed by atoms with Crippen molar-refractivity contribution in [3.05, 3.63) is 72.3 Å². The highest BCUT2D eigenvalue weighted by molar-refractivity contribution is 5.99. The van der Waals surface area contributed by atoms with Gasteiger partial charge in [0, 0.05) is 18.0 Å². The van der Waals surface area contributed by atoms with Crippen molar-refractivity contribution in [2.24, 2.45) is 5.73 Å². The minimum absolute atomic E-state index is 0.326. The first-order valence-corrected chi connectivity index (χ1v) is 7.04. The fourth-order valence-corrected chi connectivity index (χ4v) is 3.24. The van der Waals surface area contributed by atoms with Crippen molar-refractivity contribution in [2.75, 3.05) is 0 Å². The van der Waals surface area contributed by atoms with Crippen LogP contribution in [0.1, 0.15) is 17.0 Å². The van der Waals surface area contributed by atoms with E-state index in [2.05, 4.69) is 9.97 Å². The van der Waals surface area contributed by atoms with Crippen LogP contribution < -0.4 is 5.73 Å². The number of carbonyl (C=O) groups is 1. The maximum absolute atomic E-state index is 12.0. The predicted octanol–water partition coefficient (Wildman–Crippen LogP) is 2.74. The van der Waals surface area contributed by atoms with Crippen LogP contribution in [0.5, 0.6) is 0 Å². The van der Waals surface area contributed by atoms with Gasteiger partial charge in [-0.05, 0) is 27.8 Å². The number of carbonyl (C=O) groups excluding carboxylic acids is 1. The third-order valence-electron chi connectivity index (χ3n) is 4.10. The van der Waals surface area contributed by atoms with E-state index in [0.29, 0.717) is 0 Å². The summed E-state index contributed by atoms with van der Waals surface area (Å²) >= 11 is 0. The molecule has 1 amide bonds. The van der Waals surface area contributed by atoms with Gasteiger partial charge in [-0.3, -0.25) is 4.79 Å². The number of rotatable bonds is 2. The first-order valence-electron chi connectivity index (χ1n) is 7.04. The Bertz CT molecular complexity index is 875. The number of hydrogen-bond donors (Lipinski definition) is 1. The Kier molecular flexibility index (Phi) is 2.76. The SMILES string of the molecule is NC(=O)[C@@H]1c2ccccc2-c2c(-c3cncnc3)cccc21. The number of fused-ring (bicyclic) bond motifs is 3. The quantitative estimate of drug-likeness (QED) is 0.788. The normalized spacial score (nSPS) is 15.2. The third-order valence-corrected chi connectivity index (χ3v) is 4.10. The van der Waals surface area contributed by atoms with Gasteiger partial charge in [-0.15, -0.1) is 0 Å². The molecule has 0 saturated carbocycles. The highest BCUT2D eigenvalue weighted by Crippen LogP contribution is 2.48. The molecule has 0 spiro atoms. The van der Waals surface area contributed by atoms with Gasteiger partial charge in [-0.1, -0.05) is 42.5 Å². The lowest BCUT2D eigenvalue weighted by Crippen LogP contribution is -2.20. The zero-order valence-corrected chi connectivity index (χ0v) is 11.7. The van der Waals surface area contributed by atoms with Crippen LogP contribution in [0.15, 0.2) is 61.2 Å². The van der Waals surface area contributed by atoms with E-state index in [0.717, 1.165) is 33.4 Å². The van der Waals surface area contributed by atoms with Gasteiger partial charge in [0.2, 0.25) is 5.91 Å².